The molecule has 1 aliphatic heterocycles. The number of fused-ring (bicyclic) bond motifs is 1. The van der Waals surface area contributed by atoms with Crippen molar-refractivity contribution in [1.29, 1.82) is 0 Å². The van der Waals surface area contributed by atoms with E-state index in [-0.39, 0.29) is 12.5 Å². The lowest BCUT2D eigenvalue weighted by atomic mass is 10.2. The van der Waals surface area contributed by atoms with Gasteiger partial charge >= 0.3 is 0 Å². The molecule has 0 spiro atoms. The van der Waals surface area contributed by atoms with E-state index in [9.17, 15) is 4.79 Å². The van der Waals surface area contributed by atoms with Gasteiger partial charge in [0.2, 0.25) is 0 Å². The topological polar surface area (TPSA) is 111 Å². The van der Waals surface area contributed by atoms with E-state index in [2.05, 4.69) is 15.3 Å². The number of anilines is 2. The van der Waals surface area contributed by atoms with Crippen LogP contribution >= 0.6 is 11.6 Å². The highest BCUT2D eigenvalue weighted by Gasteiger charge is 2.19. The van der Waals surface area contributed by atoms with Gasteiger partial charge in [-0.2, -0.15) is 0 Å². The predicted molar refractivity (Wildman–Crippen MR) is 143 cm³/mol. The highest BCUT2D eigenvalue weighted by Crippen LogP contribution is 2.34. The fourth-order valence-corrected chi connectivity index (χ4v) is 4.43. The Labute approximate surface area is 224 Å². The van der Waals surface area contributed by atoms with Gasteiger partial charge in [-0.1, -0.05) is 17.7 Å². The van der Waals surface area contributed by atoms with Crippen LogP contribution in [0.3, 0.4) is 0 Å². The first-order valence-electron chi connectivity index (χ1n) is 12.3. The fraction of sp³-hybridized carbons (Fsp3) is 0.296. The number of aliphatic hydroxyl groups is 1. The summed E-state index contributed by atoms with van der Waals surface area (Å²) in [7, 11) is 0. The first-order valence-corrected chi connectivity index (χ1v) is 12.7. The highest BCUT2D eigenvalue weighted by atomic mass is 35.5. The molecule has 2 aromatic heterocycles. The first kappa shape index (κ1) is 25.9. The third-order valence-electron chi connectivity index (χ3n) is 6.06. The number of hydrogen-bond donors (Lipinski definition) is 2. The summed E-state index contributed by atoms with van der Waals surface area (Å²) in [6.45, 7) is 3.56. The van der Waals surface area contributed by atoms with Gasteiger partial charge in [0.05, 0.1) is 43.6 Å². The number of aromatic nitrogens is 3. The summed E-state index contributed by atoms with van der Waals surface area (Å²) in [4.78, 5) is 23.4. The van der Waals surface area contributed by atoms with Gasteiger partial charge in [-0.05, 0) is 42.5 Å². The van der Waals surface area contributed by atoms with Crippen LogP contribution in [0.2, 0.25) is 5.02 Å². The van der Waals surface area contributed by atoms with Crippen LogP contribution in [-0.4, -0.2) is 76.6 Å². The zero-order valence-electron chi connectivity index (χ0n) is 20.7. The molecule has 5 rings (SSSR count). The fourth-order valence-electron chi connectivity index (χ4n) is 4.21. The molecule has 1 saturated heterocycles. The van der Waals surface area contributed by atoms with Crippen molar-refractivity contribution >= 4 is 40.0 Å². The molecule has 10 nitrogen and oxygen atoms in total. The Hall–Kier alpha value is -3.70. The van der Waals surface area contributed by atoms with E-state index in [0.717, 1.165) is 16.7 Å². The van der Waals surface area contributed by atoms with Crippen molar-refractivity contribution in [2.24, 2.45) is 0 Å². The quantitative estimate of drug-likeness (QED) is 0.291. The van der Waals surface area contributed by atoms with Crippen molar-refractivity contribution in [3.63, 3.8) is 0 Å². The van der Waals surface area contributed by atoms with Crippen LogP contribution in [0.25, 0.3) is 11.0 Å². The van der Waals surface area contributed by atoms with Gasteiger partial charge in [0, 0.05) is 37.1 Å². The van der Waals surface area contributed by atoms with E-state index < -0.39 is 0 Å². The number of benzene rings is 2. The number of carbonyl (C=O) groups excluding carboxylic acids is 1. The maximum atomic E-state index is 12.8. The Morgan fingerprint density at radius 3 is 2.79 bits per heavy atom. The molecule has 2 aromatic carbocycles. The maximum absolute atomic E-state index is 12.8. The first-order chi connectivity index (χ1) is 18.6. The summed E-state index contributed by atoms with van der Waals surface area (Å²) in [6, 6.07) is 14.3. The van der Waals surface area contributed by atoms with Crippen molar-refractivity contribution in [2.45, 2.75) is 6.54 Å². The average molecular weight is 538 g/mol. The van der Waals surface area contributed by atoms with Crippen LogP contribution in [0.15, 0.2) is 61.1 Å². The van der Waals surface area contributed by atoms with Crippen molar-refractivity contribution in [3.8, 4) is 11.5 Å². The van der Waals surface area contributed by atoms with Gasteiger partial charge in [0.25, 0.3) is 5.91 Å². The molecule has 4 aromatic rings. The molecule has 0 bridgehead atoms. The van der Waals surface area contributed by atoms with E-state index in [1.54, 1.807) is 41.3 Å². The number of rotatable bonds is 10. The normalized spacial score (nSPS) is 13.6. The summed E-state index contributed by atoms with van der Waals surface area (Å²) < 4.78 is 18.8. The number of carbonyl (C=O) groups is 1. The molecule has 0 unspecified atom stereocenters. The van der Waals surface area contributed by atoms with Crippen LogP contribution in [0.4, 0.5) is 11.5 Å². The van der Waals surface area contributed by atoms with Crippen molar-refractivity contribution in [3.05, 3.63) is 71.6 Å². The van der Waals surface area contributed by atoms with E-state index in [0.29, 0.717) is 74.0 Å². The number of hydrogen-bond acceptors (Lipinski definition) is 8. The minimum Gasteiger partial charge on any atom is -0.456 e. The molecule has 2 N–H and O–H groups in total. The molecule has 0 saturated carbocycles. The summed E-state index contributed by atoms with van der Waals surface area (Å²) in [5.41, 5.74) is 2.90. The molecular weight excluding hydrogens is 510 g/mol. The average Bonchev–Trinajstić information content (AvgIpc) is 3.37. The van der Waals surface area contributed by atoms with E-state index in [1.165, 1.54) is 6.33 Å². The van der Waals surface area contributed by atoms with Crippen LogP contribution in [-0.2, 0) is 16.0 Å². The lowest BCUT2D eigenvalue weighted by Crippen LogP contribution is -2.40. The molecule has 0 radical (unpaired) electrons. The molecule has 38 heavy (non-hydrogen) atoms. The largest absolute Gasteiger partial charge is 0.456 e. The molecule has 1 amide bonds. The number of halogens is 1. The Kier molecular flexibility index (Phi) is 8.34. The van der Waals surface area contributed by atoms with E-state index in [1.807, 2.05) is 22.9 Å². The Morgan fingerprint density at radius 1 is 1.11 bits per heavy atom. The third-order valence-corrected chi connectivity index (χ3v) is 6.36. The van der Waals surface area contributed by atoms with Gasteiger partial charge in [-0.25, -0.2) is 9.97 Å². The van der Waals surface area contributed by atoms with Crippen LogP contribution in [0.5, 0.6) is 11.5 Å². The maximum Gasteiger partial charge on any atom is 0.254 e. The molecular formula is C27H28ClN5O5. The van der Waals surface area contributed by atoms with Gasteiger partial charge in [-0.3, -0.25) is 4.79 Å². The second-order valence-electron chi connectivity index (χ2n) is 8.61. The third kappa shape index (κ3) is 6.05. The standard InChI is InChI=1S/C27H28ClN5O5/c28-22-17-20(31-26-25-23(29-18-30-26)6-7-32(25)8-12-37-15-11-34)4-5-24(22)38-21-3-1-2-19(16-21)27(35)33-9-13-36-14-10-33/h1-7,16-18,34H,8-15H2,(H,29,30,31). The number of morpholine rings is 1. The van der Waals surface area contributed by atoms with E-state index in [4.69, 9.17) is 30.9 Å². The summed E-state index contributed by atoms with van der Waals surface area (Å²) in [6.07, 6.45) is 3.43. The zero-order chi connectivity index (χ0) is 26.3. The molecule has 0 atom stereocenters. The molecule has 1 aliphatic rings. The van der Waals surface area contributed by atoms with Crippen molar-refractivity contribution < 1.29 is 24.1 Å². The lowest BCUT2D eigenvalue weighted by Gasteiger charge is -2.27. The van der Waals surface area contributed by atoms with Crippen molar-refractivity contribution in [2.75, 3.05) is 51.4 Å². The molecule has 3 heterocycles. The molecule has 1 fully saturated rings. The minimum atomic E-state index is -0.0507. The second-order valence-corrected chi connectivity index (χ2v) is 9.01. The minimum absolute atomic E-state index is 0.0131. The van der Waals surface area contributed by atoms with Crippen LogP contribution < -0.4 is 10.1 Å². The summed E-state index contributed by atoms with van der Waals surface area (Å²) in [5, 5.41) is 12.6. The Balaban J connectivity index is 1.29. The Bertz CT molecular complexity index is 1410. The number of nitrogens with zero attached hydrogens (tertiary/aromatic N) is 4. The van der Waals surface area contributed by atoms with Gasteiger partial charge in [0.1, 0.15) is 23.3 Å². The predicted octanol–water partition coefficient (Wildman–Crippen LogP) is 4.10. The number of aliphatic hydroxyl groups excluding tert-OH is 1. The SMILES string of the molecule is O=C(c1cccc(Oc2ccc(Nc3ncnc4ccn(CCOCCO)c34)cc2Cl)c1)N1CCOCC1. The summed E-state index contributed by atoms with van der Waals surface area (Å²) in [5.74, 6) is 1.56. The molecule has 198 valence electrons. The summed E-state index contributed by atoms with van der Waals surface area (Å²) >= 11 is 6.57. The lowest BCUT2D eigenvalue weighted by molar-refractivity contribution is 0.0302. The van der Waals surface area contributed by atoms with Crippen LogP contribution in [0.1, 0.15) is 10.4 Å². The highest BCUT2D eigenvalue weighted by molar-refractivity contribution is 6.32. The van der Waals surface area contributed by atoms with Gasteiger partial charge in [0.15, 0.2) is 5.82 Å². The van der Waals surface area contributed by atoms with Crippen LogP contribution in [0, 0.1) is 0 Å². The van der Waals surface area contributed by atoms with Gasteiger partial charge in [-0.15, -0.1) is 0 Å². The number of nitrogens with one attached hydrogen (secondary N) is 1. The molecule has 0 aliphatic carbocycles. The second kappa shape index (κ2) is 12.2. The number of ether oxygens (including phenoxy) is 3. The monoisotopic (exact) mass is 537 g/mol. The Morgan fingerprint density at radius 2 is 1.97 bits per heavy atom. The van der Waals surface area contributed by atoms with Crippen molar-refractivity contribution in [1.82, 2.24) is 19.4 Å². The molecule has 11 heteroatoms. The zero-order valence-corrected chi connectivity index (χ0v) is 21.4. The smallest absolute Gasteiger partial charge is 0.254 e. The number of amides is 1. The van der Waals surface area contributed by atoms with Gasteiger partial charge < -0.3 is 34.1 Å². The van der Waals surface area contributed by atoms with E-state index >= 15 is 0 Å².